The molecule has 4 nitrogen and oxygen atoms in total. The molecule has 0 aliphatic rings. The van der Waals surface area contributed by atoms with Crippen molar-refractivity contribution in [3.05, 3.63) is 70.8 Å². The van der Waals surface area contributed by atoms with E-state index in [0.29, 0.717) is 12.0 Å². The maximum Gasteiger partial charge on any atom is 0.340 e. The molecule has 0 radical (unpaired) electrons. The van der Waals surface area contributed by atoms with Crippen LogP contribution in [0.5, 0.6) is 0 Å². The van der Waals surface area contributed by atoms with Crippen LogP contribution in [0.25, 0.3) is 0 Å². The van der Waals surface area contributed by atoms with Crippen LogP contribution in [0.4, 0.5) is 0 Å². The van der Waals surface area contributed by atoms with Gasteiger partial charge in [0, 0.05) is 12.6 Å². The average Bonchev–Trinajstić information content (AvgIpc) is 2.67. The van der Waals surface area contributed by atoms with Crippen LogP contribution in [-0.2, 0) is 11.3 Å². The summed E-state index contributed by atoms with van der Waals surface area (Å²) >= 11 is 0. The van der Waals surface area contributed by atoms with E-state index in [9.17, 15) is 4.79 Å². The van der Waals surface area contributed by atoms with E-state index in [1.807, 2.05) is 37.3 Å². The highest BCUT2D eigenvalue weighted by atomic mass is 16.6. The van der Waals surface area contributed by atoms with Gasteiger partial charge >= 0.3 is 5.97 Å². The molecule has 158 valence electrons. The fourth-order valence-corrected chi connectivity index (χ4v) is 3.22. The zero-order chi connectivity index (χ0) is 21.4. The van der Waals surface area contributed by atoms with Crippen molar-refractivity contribution in [2.24, 2.45) is 11.1 Å². The van der Waals surface area contributed by atoms with Crippen molar-refractivity contribution in [3.63, 3.8) is 0 Å². The lowest BCUT2D eigenvalue weighted by atomic mass is 9.85. The Morgan fingerprint density at radius 1 is 1.14 bits per heavy atom. The van der Waals surface area contributed by atoms with E-state index < -0.39 is 6.23 Å². The van der Waals surface area contributed by atoms with Crippen LogP contribution >= 0.6 is 0 Å². The van der Waals surface area contributed by atoms with Crippen molar-refractivity contribution in [2.75, 3.05) is 0 Å². The first-order valence-electron chi connectivity index (χ1n) is 10.5. The standard InChI is InChI=1S/C25H36N2O2/c1-6-23(26)29-24(28)20-13-12-18(2)16-21(20)22(14-15-25(3,4)5)27-17-19-10-8-7-9-11-19/h7-13,16,22-23,27H,6,14-15,17,26H2,1-5H3. The van der Waals surface area contributed by atoms with Crippen LogP contribution in [0, 0.1) is 12.3 Å². The first-order chi connectivity index (χ1) is 13.7. The van der Waals surface area contributed by atoms with Crippen molar-refractivity contribution in [2.45, 2.75) is 72.7 Å². The van der Waals surface area contributed by atoms with Crippen molar-refractivity contribution < 1.29 is 9.53 Å². The Morgan fingerprint density at radius 3 is 2.45 bits per heavy atom. The number of benzene rings is 2. The number of carbonyl (C=O) groups excluding carboxylic acids is 1. The van der Waals surface area contributed by atoms with Crippen LogP contribution < -0.4 is 11.1 Å². The normalized spacial score (nSPS) is 13.7. The summed E-state index contributed by atoms with van der Waals surface area (Å²) in [5.41, 5.74) is 9.99. The number of esters is 1. The molecule has 0 fully saturated rings. The van der Waals surface area contributed by atoms with Gasteiger partial charge in [-0.25, -0.2) is 4.79 Å². The Morgan fingerprint density at radius 2 is 1.83 bits per heavy atom. The highest BCUT2D eigenvalue weighted by Crippen LogP contribution is 2.30. The van der Waals surface area contributed by atoms with E-state index >= 15 is 0 Å². The van der Waals surface area contributed by atoms with Gasteiger partial charge < -0.3 is 10.1 Å². The minimum absolute atomic E-state index is 0.0507. The van der Waals surface area contributed by atoms with Crippen molar-refractivity contribution >= 4 is 5.97 Å². The first-order valence-corrected chi connectivity index (χ1v) is 10.5. The molecule has 2 aromatic rings. The molecule has 0 amide bonds. The zero-order valence-electron chi connectivity index (χ0n) is 18.5. The monoisotopic (exact) mass is 396 g/mol. The SMILES string of the molecule is CCC(N)OC(=O)c1ccc(C)cc1C(CCC(C)(C)C)NCc1ccccc1. The van der Waals surface area contributed by atoms with Gasteiger partial charge in [0.05, 0.1) is 5.56 Å². The summed E-state index contributed by atoms with van der Waals surface area (Å²) in [6.07, 6.45) is 1.98. The van der Waals surface area contributed by atoms with Crippen LogP contribution in [0.1, 0.15) is 80.0 Å². The Balaban J connectivity index is 2.31. The number of hydrogen-bond acceptors (Lipinski definition) is 4. The smallest absolute Gasteiger partial charge is 0.340 e. The van der Waals surface area contributed by atoms with E-state index in [-0.39, 0.29) is 17.4 Å². The average molecular weight is 397 g/mol. The van der Waals surface area contributed by atoms with E-state index in [2.05, 4.69) is 51.2 Å². The summed E-state index contributed by atoms with van der Waals surface area (Å²) in [6.45, 7) is 11.4. The van der Waals surface area contributed by atoms with Gasteiger partial charge in [0.2, 0.25) is 0 Å². The number of rotatable bonds is 9. The molecule has 4 heteroatoms. The lowest BCUT2D eigenvalue weighted by Gasteiger charge is -2.26. The third kappa shape index (κ3) is 7.64. The van der Waals surface area contributed by atoms with E-state index in [4.69, 9.17) is 10.5 Å². The summed E-state index contributed by atoms with van der Waals surface area (Å²) in [5, 5.41) is 3.68. The summed E-state index contributed by atoms with van der Waals surface area (Å²) < 4.78 is 5.44. The number of nitrogens with one attached hydrogen (secondary N) is 1. The fourth-order valence-electron chi connectivity index (χ4n) is 3.22. The molecule has 29 heavy (non-hydrogen) atoms. The van der Waals surface area contributed by atoms with Crippen molar-refractivity contribution in [1.82, 2.24) is 5.32 Å². The number of ether oxygens (including phenoxy) is 1. The molecular formula is C25H36N2O2. The van der Waals surface area contributed by atoms with Gasteiger partial charge in [0.1, 0.15) is 0 Å². The maximum atomic E-state index is 12.8. The quantitative estimate of drug-likeness (QED) is 0.434. The molecule has 2 atom stereocenters. The highest BCUT2D eigenvalue weighted by Gasteiger charge is 2.23. The summed E-state index contributed by atoms with van der Waals surface area (Å²) in [5.74, 6) is -0.350. The van der Waals surface area contributed by atoms with Crippen LogP contribution in [0.2, 0.25) is 0 Å². The maximum absolute atomic E-state index is 12.8. The molecule has 0 bridgehead atoms. The predicted octanol–water partition coefficient (Wildman–Crippen LogP) is 5.50. The molecular weight excluding hydrogens is 360 g/mol. The van der Waals surface area contributed by atoms with E-state index in [1.54, 1.807) is 0 Å². The van der Waals surface area contributed by atoms with Crippen LogP contribution in [0.15, 0.2) is 48.5 Å². The minimum atomic E-state index is -0.582. The molecule has 0 aromatic heterocycles. The summed E-state index contributed by atoms with van der Waals surface area (Å²) in [6, 6.07) is 16.3. The predicted molar refractivity (Wildman–Crippen MR) is 120 cm³/mol. The van der Waals surface area contributed by atoms with E-state index in [1.165, 1.54) is 5.56 Å². The number of carbonyl (C=O) groups is 1. The molecule has 3 N–H and O–H groups in total. The van der Waals surface area contributed by atoms with Gasteiger partial charge in [0.15, 0.2) is 6.23 Å². The molecule has 0 saturated heterocycles. The topological polar surface area (TPSA) is 64.3 Å². The molecule has 0 aliphatic heterocycles. The summed E-state index contributed by atoms with van der Waals surface area (Å²) in [4.78, 5) is 12.8. The van der Waals surface area contributed by atoms with Crippen molar-refractivity contribution in [3.8, 4) is 0 Å². The lowest BCUT2D eigenvalue weighted by Crippen LogP contribution is -2.29. The van der Waals surface area contributed by atoms with Crippen LogP contribution in [0.3, 0.4) is 0 Å². The second-order valence-corrected chi connectivity index (χ2v) is 8.96. The number of aryl methyl sites for hydroxylation is 1. The third-order valence-corrected chi connectivity index (χ3v) is 5.04. The van der Waals surface area contributed by atoms with Gasteiger partial charge in [0.25, 0.3) is 0 Å². The Hall–Kier alpha value is -2.17. The van der Waals surface area contributed by atoms with E-state index in [0.717, 1.165) is 30.5 Å². The fraction of sp³-hybridized carbons (Fsp3) is 0.480. The second-order valence-electron chi connectivity index (χ2n) is 8.96. The summed E-state index contributed by atoms with van der Waals surface area (Å²) in [7, 11) is 0. The molecule has 0 aliphatic carbocycles. The van der Waals surface area contributed by atoms with Gasteiger partial charge in [-0.2, -0.15) is 0 Å². The number of hydrogen-bond donors (Lipinski definition) is 2. The molecule has 0 saturated carbocycles. The highest BCUT2D eigenvalue weighted by molar-refractivity contribution is 5.91. The Bertz CT molecular complexity index is 781. The lowest BCUT2D eigenvalue weighted by molar-refractivity contribution is 0.0306. The van der Waals surface area contributed by atoms with Gasteiger partial charge in [-0.3, -0.25) is 5.73 Å². The van der Waals surface area contributed by atoms with Gasteiger partial charge in [-0.15, -0.1) is 0 Å². The molecule has 0 spiro atoms. The second kappa shape index (κ2) is 10.6. The van der Waals surface area contributed by atoms with Crippen LogP contribution in [-0.4, -0.2) is 12.2 Å². The Labute approximate surface area is 175 Å². The molecule has 2 unspecified atom stereocenters. The minimum Gasteiger partial charge on any atom is -0.443 e. The molecule has 0 heterocycles. The van der Waals surface area contributed by atoms with Gasteiger partial charge in [-0.1, -0.05) is 75.7 Å². The van der Waals surface area contributed by atoms with Crippen molar-refractivity contribution in [1.29, 1.82) is 0 Å². The zero-order valence-corrected chi connectivity index (χ0v) is 18.5. The molecule has 2 rings (SSSR count). The third-order valence-electron chi connectivity index (χ3n) is 5.04. The number of nitrogens with two attached hydrogens (primary N) is 1. The Kier molecular flexibility index (Phi) is 8.42. The van der Waals surface area contributed by atoms with Gasteiger partial charge in [-0.05, 0) is 48.8 Å². The largest absolute Gasteiger partial charge is 0.443 e. The first kappa shape index (κ1) is 23.1. The molecule has 2 aromatic carbocycles.